The summed E-state index contributed by atoms with van der Waals surface area (Å²) < 4.78 is 5.40. The molecule has 0 unspecified atom stereocenters. The summed E-state index contributed by atoms with van der Waals surface area (Å²) in [6.45, 7) is 7.98. The maximum atomic E-state index is 11.8. The predicted octanol–water partition coefficient (Wildman–Crippen LogP) is 2.28. The lowest BCUT2D eigenvalue weighted by molar-refractivity contribution is -0.139. The monoisotopic (exact) mass is 246 g/mol. The van der Waals surface area contributed by atoms with Crippen LogP contribution in [0.4, 0.5) is 0 Å². The second-order valence-corrected chi connectivity index (χ2v) is 5.89. The Labute approximate surface area is 107 Å². The van der Waals surface area contributed by atoms with Crippen molar-refractivity contribution in [1.82, 2.24) is 0 Å². The lowest BCUT2D eigenvalue weighted by Crippen LogP contribution is -2.20. The van der Waals surface area contributed by atoms with Gasteiger partial charge in [0.1, 0.15) is 6.10 Å². The van der Waals surface area contributed by atoms with Gasteiger partial charge in [0.15, 0.2) is 5.78 Å². The van der Waals surface area contributed by atoms with Gasteiger partial charge in [0.2, 0.25) is 0 Å². The topological polar surface area (TPSA) is 43.4 Å². The average Bonchev–Trinajstić information content (AvgIpc) is 2.68. The molecule has 96 valence electrons. The van der Waals surface area contributed by atoms with Crippen LogP contribution in [-0.4, -0.2) is 17.9 Å². The van der Waals surface area contributed by atoms with Crippen LogP contribution in [0.25, 0.3) is 0 Å². The Bertz CT molecular complexity index is 474. The van der Waals surface area contributed by atoms with Gasteiger partial charge in [0.05, 0.1) is 0 Å². The Morgan fingerprint density at radius 1 is 1.22 bits per heavy atom. The molecule has 1 heterocycles. The summed E-state index contributed by atoms with van der Waals surface area (Å²) in [5.41, 5.74) is 1.85. The average molecular weight is 246 g/mol. The molecule has 3 aliphatic rings. The first-order valence-corrected chi connectivity index (χ1v) is 6.64. The first-order valence-electron chi connectivity index (χ1n) is 6.64. The summed E-state index contributed by atoms with van der Waals surface area (Å²) in [5.74, 6) is 0.720. The van der Waals surface area contributed by atoms with E-state index in [0.717, 1.165) is 12.8 Å². The van der Waals surface area contributed by atoms with E-state index < -0.39 is 0 Å². The number of carbonyl (C=O) groups is 2. The first kappa shape index (κ1) is 11.7. The number of ketones is 1. The van der Waals surface area contributed by atoms with Crippen molar-refractivity contribution >= 4 is 11.8 Å². The van der Waals surface area contributed by atoms with Gasteiger partial charge >= 0.3 is 5.97 Å². The molecule has 1 aliphatic heterocycles. The van der Waals surface area contributed by atoms with E-state index in [1.165, 1.54) is 5.57 Å². The number of hydrogen-bond donors (Lipinski definition) is 0. The third-order valence-electron chi connectivity index (χ3n) is 4.87. The Morgan fingerprint density at radius 3 is 2.67 bits per heavy atom. The normalized spacial score (nSPS) is 43.1. The zero-order valence-corrected chi connectivity index (χ0v) is 10.8. The van der Waals surface area contributed by atoms with Crippen LogP contribution in [0, 0.1) is 23.7 Å². The molecule has 0 bridgehead atoms. The lowest BCUT2D eigenvalue weighted by atomic mass is 9.81. The Hall–Kier alpha value is -1.38. The molecule has 0 radical (unpaired) electrons. The van der Waals surface area contributed by atoms with Crippen molar-refractivity contribution < 1.29 is 14.3 Å². The number of esters is 1. The van der Waals surface area contributed by atoms with Crippen LogP contribution in [0.1, 0.15) is 26.7 Å². The SMILES string of the molecule is C=C1C(=O)O[C@@H]2C[C@H](C)C3=CC(=O)[C@H](C)[C@@H]3C[C@H]12. The largest absolute Gasteiger partial charge is 0.458 e. The lowest BCUT2D eigenvalue weighted by Gasteiger charge is -2.21. The number of rotatable bonds is 0. The molecule has 2 fully saturated rings. The van der Waals surface area contributed by atoms with Crippen LogP contribution in [-0.2, 0) is 14.3 Å². The van der Waals surface area contributed by atoms with Crippen LogP contribution in [0.5, 0.6) is 0 Å². The standard InChI is InChI=1S/C15H18O3/c1-7-4-14-12(9(3)15(17)18-14)5-11-8(2)13(16)6-10(7)11/h6-8,11-12,14H,3-5H2,1-2H3/t7-,8+,11-,12+,14+/m0/s1. The third kappa shape index (κ3) is 1.49. The van der Waals surface area contributed by atoms with Gasteiger partial charge in [-0.05, 0) is 30.8 Å². The van der Waals surface area contributed by atoms with Gasteiger partial charge < -0.3 is 4.74 Å². The maximum absolute atomic E-state index is 11.8. The summed E-state index contributed by atoms with van der Waals surface area (Å²) in [5, 5.41) is 0. The minimum absolute atomic E-state index is 0.0335. The third-order valence-corrected chi connectivity index (χ3v) is 4.87. The van der Waals surface area contributed by atoms with Crippen molar-refractivity contribution in [2.45, 2.75) is 32.8 Å². The maximum Gasteiger partial charge on any atom is 0.334 e. The van der Waals surface area contributed by atoms with Crippen LogP contribution in [0.15, 0.2) is 23.8 Å². The number of hydrogen-bond acceptors (Lipinski definition) is 3. The zero-order chi connectivity index (χ0) is 13.0. The van der Waals surface area contributed by atoms with E-state index in [1.807, 2.05) is 13.0 Å². The minimum atomic E-state index is -0.249. The molecule has 3 nitrogen and oxygen atoms in total. The van der Waals surface area contributed by atoms with Gasteiger partial charge in [-0.2, -0.15) is 0 Å². The van der Waals surface area contributed by atoms with E-state index in [1.54, 1.807) is 0 Å². The molecule has 0 aromatic carbocycles. The molecule has 0 spiro atoms. The van der Waals surface area contributed by atoms with Crippen molar-refractivity contribution in [2.75, 3.05) is 0 Å². The summed E-state index contributed by atoms with van der Waals surface area (Å²) in [7, 11) is 0. The van der Waals surface area contributed by atoms with Gasteiger partial charge in [0.25, 0.3) is 0 Å². The van der Waals surface area contributed by atoms with Gasteiger partial charge in [-0.3, -0.25) is 4.79 Å². The van der Waals surface area contributed by atoms with E-state index in [-0.39, 0.29) is 35.6 Å². The van der Waals surface area contributed by atoms with E-state index in [2.05, 4.69) is 13.5 Å². The fourth-order valence-corrected chi connectivity index (χ4v) is 3.67. The van der Waals surface area contributed by atoms with Gasteiger partial charge in [-0.15, -0.1) is 0 Å². The minimum Gasteiger partial charge on any atom is -0.458 e. The summed E-state index contributed by atoms with van der Waals surface area (Å²) >= 11 is 0. The number of fused-ring (bicyclic) bond motifs is 2. The Kier molecular flexibility index (Phi) is 2.47. The van der Waals surface area contributed by atoms with Gasteiger partial charge in [-0.25, -0.2) is 4.79 Å². The molecule has 0 aromatic heterocycles. The molecule has 0 amide bonds. The molecular formula is C15H18O3. The van der Waals surface area contributed by atoms with E-state index in [9.17, 15) is 9.59 Å². The number of allylic oxidation sites excluding steroid dienone is 2. The zero-order valence-electron chi connectivity index (χ0n) is 10.8. The quantitative estimate of drug-likeness (QED) is 0.486. The second-order valence-electron chi connectivity index (χ2n) is 5.89. The highest BCUT2D eigenvalue weighted by Gasteiger charge is 2.47. The highest BCUT2D eigenvalue weighted by Crippen LogP contribution is 2.48. The highest BCUT2D eigenvalue weighted by molar-refractivity contribution is 5.96. The number of carbonyl (C=O) groups excluding carboxylic acids is 2. The van der Waals surface area contributed by atoms with Crippen molar-refractivity contribution in [1.29, 1.82) is 0 Å². The van der Waals surface area contributed by atoms with Gasteiger partial charge in [0, 0.05) is 17.4 Å². The van der Waals surface area contributed by atoms with Crippen molar-refractivity contribution in [3.8, 4) is 0 Å². The number of ether oxygens (including phenoxy) is 1. The van der Waals surface area contributed by atoms with Crippen LogP contribution in [0.2, 0.25) is 0 Å². The summed E-state index contributed by atoms with van der Waals surface area (Å²) in [6.07, 6.45) is 3.44. The van der Waals surface area contributed by atoms with Crippen LogP contribution in [0.3, 0.4) is 0 Å². The van der Waals surface area contributed by atoms with Crippen molar-refractivity contribution in [3.63, 3.8) is 0 Å². The molecule has 0 aromatic rings. The Balaban J connectivity index is 1.96. The fourth-order valence-electron chi connectivity index (χ4n) is 3.67. The highest BCUT2D eigenvalue weighted by atomic mass is 16.6. The molecule has 3 rings (SSSR count). The molecular weight excluding hydrogens is 228 g/mol. The molecule has 18 heavy (non-hydrogen) atoms. The Morgan fingerprint density at radius 2 is 1.94 bits per heavy atom. The van der Waals surface area contributed by atoms with E-state index >= 15 is 0 Å². The van der Waals surface area contributed by atoms with Crippen molar-refractivity contribution in [2.24, 2.45) is 23.7 Å². The predicted molar refractivity (Wildman–Crippen MR) is 66.7 cm³/mol. The summed E-state index contributed by atoms with van der Waals surface area (Å²) in [4.78, 5) is 23.4. The first-order chi connectivity index (χ1) is 8.49. The second kappa shape index (κ2) is 3.81. The van der Waals surface area contributed by atoms with Gasteiger partial charge in [-0.1, -0.05) is 26.0 Å². The molecule has 1 saturated heterocycles. The van der Waals surface area contributed by atoms with Crippen molar-refractivity contribution in [3.05, 3.63) is 23.8 Å². The van der Waals surface area contributed by atoms with Crippen LogP contribution >= 0.6 is 0 Å². The van der Waals surface area contributed by atoms with E-state index in [4.69, 9.17) is 4.74 Å². The van der Waals surface area contributed by atoms with Crippen LogP contribution < -0.4 is 0 Å². The molecule has 1 saturated carbocycles. The molecule has 3 heteroatoms. The molecule has 0 N–H and O–H groups in total. The molecule has 5 atom stereocenters. The fraction of sp³-hybridized carbons (Fsp3) is 0.600. The smallest absolute Gasteiger partial charge is 0.334 e. The molecule has 2 aliphatic carbocycles. The summed E-state index contributed by atoms with van der Waals surface area (Å²) in [6, 6.07) is 0. The van der Waals surface area contributed by atoms with E-state index in [0.29, 0.717) is 11.5 Å².